The number of aryl methyl sites for hydroxylation is 1. The number of aliphatic hydroxyl groups is 1. The first-order chi connectivity index (χ1) is 15.3. The predicted octanol–water partition coefficient (Wildman–Crippen LogP) is 2.09. The zero-order chi connectivity index (χ0) is 23.0. The second-order valence-corrected chi connectivity index (χ2v) is 9.73. The number of carbonyl (C=O) groups excluding carboxylic acids is 1. The van der Waals surface area contributed by atoms with E-state index in [0.29, 0.717) is 25.3 Å². The van der Waals surface area contributed by atoms with Gasteiger partial charge in [0.2, 0.25) is 0 Å². The van der Waals surface area contributed by atoms with Crippen LogP contribution in [0.4, 0.5) is 0 Å². The minimum atomic E-state index is -0.777. The lowest BCUT2D eigenvalue weighted by Crippen LogP contribution is -2.65. The highest BCUT2D eigenvalue weighted by Crippen LogP contribution is 2.40. The zero-order valence-electron chi connectivity index (χ0n) is 19.7. The van der Waals surface area contributed by atoms with E-state index in [4.69, 9.17) is 10.7 Å². The van der Waals surface area contributed by atoms with Crippen molar-refractivity contribution >= 4 is 11.7 Å². The number of carbonyl (C=O) groups is 1. The van der Waals surface area contributed by atoms with Crippen molar-refractivity contribution in [2.24, 2.45) is 10.7 Å². The number of hydrogen-bond acceptors (Lipinski definition) is 5. The van der Waals surface area contributed by atoms with Crippen LogP contribution in [0, 0.1) is 0 Å². The van der Waals surface area contributed by atoms with Crippen LogP contribution >= 0.6 is 0 Å². The van der Waals surface area contributed by atoms with Gasteiger partial charge in [0.15, 0.2) is 0 Å². The van der Waals surface area contributed by atoms with Crippen molar-refractivity contribution in [2.75, 3.05) is 13.1 Å². The molecular formula is C25H37N5O2. The number of allylic oxidation sites excluding steroid dienone is 1. The van der Waals surface area contributed by atoms with Crippen molar-refractivity contribution in [3.05, 3.63) is 46.3 Å². The molecule has 2 fully saturated rings. The third kappa shape index (κ3) is 3.76. The highest BCUT2D eigenvalue weighted by atomic mass is 16.3. The van der Waals surface area contributed by atoms with Crippen LogP contribution in [0.5, 0.6) is 0 Å². The van der Waals surface area contributed by atoms with Gasteiger partial charge in [-0.25, -0.2) is 0 Å². The number of benzene rings is 1. The molecule has 1 amide bonds. The molecule has 0 aromatic heterocycles. The number of nitrogens with zero attached hydrogens (tertiary/aromatic N) is 2. The maximum absolute atomic E-state index is 13.3. The Bertz CT molecular complexity index is 952. The molecule has 0 saturated carbocycles. The fraction of sp³-hybridized carbons (Fsp3) is 0.600. The van der Waals surface area contributed by atoms with Gasteiger partial charge in [0.1, 0.15) is 11.9 Å². The average molecular weight is 440 g/mol. The van der Waals surface area contributed by atoms with Gasteiger partial charge in [0.25, 0.3) is 5.91 Å². The number of fused-ring (bicyclic) bond motifs is 2. The number of nitrogens with one attached hydrogen (secondary N) is 2. The van der Waals surface area contributed by atoms with E-state index in [-0.39, 0.29) is 11.9 Å². The number of nitrogens with two attached hydrogens (primary N) is 1. The van der Waals surface area contributed by atoms with Gasteiger partial charge < -0.3 is 26.4 Å². The molecule has 0 radical (unpaired) electrons. The second kappa shape index (κ2) is 8.77. The maximum Gasteiger partial charge on any atom is 0.251 e. The summed E-state index contributed by atoms with van der Waals surface area (Å²) in [6.45, 7) is 9.24. The molecule has 4 atom stereocenters. The van der Waals surface area contributed by atoms with Crippen LogP contribution in [0.1, 0.15) is 68.4 Å². The predicted molar refractivity (Wildman–Crippen MR) is 128 cm³/mol. The van der Waals surface area contributed by atoms with Crippen molar-refractivity contribution in [3.63, 3.8) is 0 Å². The highest BCUT2D eigenvalue weighted by molar-refractivity contribution is 5.96. The van der Waals surface area contributed by atoms with Crippen molar-refractivity contribution < 1.29 is 9.90 Å². The lowest BCUT2D eigenvalue weighted by atomic mass is 9.83. The Morgan fingerprint density at radius 2 is 2.09 bits per heavy atom. The van der Waals surface area contributed by atoms with E-state index in [1.165, 1.54) is 12.0 Å². The number of rotatable bonds is 4. The van der Waals surface area contributed by atoms with Crippen molar-refractivity contribution in [3.8, 4) is 0 Å². The number of aliphatic imine (C=N–C) groups is 1. The second-order valence-electron chi connectivity index (χ2n) is 9.73. The Labute approximate surface area is 191 Å². The van der Waals surface area contributed by atoms with Crippen molar-refractivity contribution in [2.45, 2.75) is 83.5 Å². The number of amides is 1. The molecule has 7 nitrogen and oxygen atoms in total. The molecule has 5 N–H and O–H groups in total. The summed E-state index contributed by atoms with van der Waals surface area (Å²) in [5, 5.41) is 18.2. The summed E-state index contributed by atoms with van der Waals surface area (Å²) in [5.74, 6) is 1.48. The van der Waals surface area contributed by atoms with E-state index >= 15 is 0 Å². The van der Waals surface area contributed by atoms with Crippen LogP contribution in [0.2, 0.25) is 0 Å². The molecule has 4 rings (SSSR count). The van der Waals surface area contributed by atoms with Gasteiger partial charge in [-0.2, -0.15) is 0 Å². The molecule has 1 aromatic carbocycles. The summed E-state index contributed by atoms with van der Waals surface area (Å²) < 4.78 is 0. The molecule has 3 aliphatic rings. The lowest BCUT2D eigenvalue weighted by Gasteiger charge is -2.48. The van der Waals surface area contributed by atoms with E-state index in [9.17, 15) is 9.90 Å². The van der Waals surface area contributed by atoms with Crippen LogP contribution in [0.3, 0.4) is 0 Å². The summed E-state index contributed by atoms with van der Waals surface area (Å²) in [6.07, 6.45) is 4.15. The molecule has 32 heavy (non-hydrogen) atoms. The van der Waals surface area contributed by atoms with Crippen molar-refractivity contribution in [1.82, 2.24) is 15.5 Å². The Morgan fingerprint density at radius 1 is 1.34 bits per heavy atom. The number of aliphatic hydroxyl groups excluding tert-OH is 1. The first kappa shape index (κ1) is 22.6. The molecule has 2 saturated heterocycles. The van der Waals surface area contributed by atoms with Crippen molar-refractivity contribution in [1.29, 1.82) is 0 Å². The normalized spacial score (nSPS) is 29.8. The standard InChI is InChI=1S/C25H37N5O2/c1-5-21(26)29-20-13-27-23(15(2)3)30-14-19(22(31)25(20,30)4)28-24(32)18-12-8-10-16-9-6-7-11-17(16)18/h8,10,12,19-20,22,27,31H,5-7,9,11,13-14H2,1-4H3,(H2,26,29)(H,28,32)/t19-,20?,22-,25+/m1/s1. The minimum absolute atomic E-state index is 0.101. The summed E-state index contributed by atoms with van der Waals surface area (Å²) >= 11 is 0. The van der Waals surface area contributed by atoms with Gasteiger partial charge in [-0.15, -0.1) is 0 Å². The van der Waals surface area contributed by atoms with Gasteiger partial charge in [0.05, 0.1) is 23.5 Å². The summed E-state index contributed by atoms with van der Waals surface area (Å²) in [4.78, 5) is 20.3. The summed E-state index contributed by atoms with van der Waals surface area (Å²) in [7, 11) is 0. The molecule has 1 aromatic rings. The van der Waals surface area contributed by atoms with E-state index < -0.39 is 17.7 Å². The monoisotopic (exact) mass is 439 g/mol. The topological polar surface area (TPSA) is 103 Å². The first-order valence-electron chi connectivity index (χ1n) is 11.9. The molecule has 2 heterocycles. The zero-order valence-corrected chi connectivity index (χ0v) is 19.7. The average Bonchev–Trinajstić information content (AvgIpc) is 3.04. The fourth-order valence-electron chi connectivity index (χ4n) is 5.54. The lowest BCUT2D eigenvalue weighted by molar-refractivity contribution is 0.0137. The van der Waals surface area contributed by atoms with E-state index in [1.807, 2.05) is 26.0 Å². The Morgan fingerprint density at radius 3 is 2.81 bits per heavy atom. The molecule has 2 aliphatic heterocycles. The van der Waals surface area contributed by atoms with Gasteiger partial charge in [-0.05, 0) is 69.2 Å². The fourth-order valence-corrected chi connectivity index (χ4v) is 5.54. The number of amidine groups is 1. The van der Waals surface area contributed by atoms with E-state index in [1.54, 1.807) is 0 Å². The van der Waals surface area contributed by atoms with E-state index in [2.05, 4.69) is 35.4 Å². The summed E-state index contributed by atoms with van der Waals surface area (Å²) in [6, 6.07) is 5.39. The van der Waals surface area contributed by atoms with Crippen LogP contribution < -0.4 is 16.4 Å². The quantitative estimate of drug-likeness (QED) is 0.425. The van der Waals surface area contributed by atoms with Crippen LogP contribution in [-0.2, 0) is 12.8 Å². The maximum atomic E-state index is 13.3. The molecule has 0 bridgehead atoms. The molecule has 174 valence electrons. The third-order valence-corrected chi connectivity index (χ3v) is 7.46. The summed E-state index contributed by atoms with van der Waals surface area (Å²) in [5.41, 5.74) is 9.75. The Balaban J connectivity index is 1.63. The Hall–Kier alpha value is -2.54. The van der Waals surface area contributed by atoms with Gasteiger partial charge in [-0.3, -0.25) is 9.79 Å². The Kier molecular flexibility index (Phi) is 6.21. The molecular weight excluding hydrogens is 402 g/mol. The smallest absolute Gasteiger partial charge is 0.251 e. The van der Waals surface area contributed by atoms with E-state index in [0.717, 1.165) is 41.8 Å². The molecule has 1 unspecified atom stereocenters. The third-order valence-electron chi connectivity index (χ3n) is 7.46. The van der Waals surface area contributed by atoms with Crippen LogP contribution in [0.15, 0.2) is 34.6 Å². The number of hydrogen-bond donors (Lipinski definition) is 4. The van der Waals surface area contributed by atoms with Gasteiger partial charge in [-0.1, -0.05) is 19.1 Å². The highest BCUT2D eigenvalue weighted by Gasteiger charge is 2.58. The minimum Gasteiger partial charge on any atom is -0.388 e. The largest absolute Gasteiger partial charge is 0.388 e. The SMILES string of the molecule is CCC(N)=NC1CNC(=C(C)C)N2C[C@@H](NC(=O)c3cccc4c3CCCC4)[C@@H](O)[C@]12C. The molecule has 0 spiro atoms. The van der Waals surface area contributed by atoms with Gasteiger partial charge in [0, 0.05) is 25.1 Å². The van der Waals surface area contributed by atoms with Gasteiger partial charge >= 0.3 is 0 Å². The molecule has 1 aliphatic carbocycles. The molecule has 7 heteroatoms. The first-order valence-corrected chi connectivity index (χ1v) is 11.9. The van der Waals surface area contributed by atoms with Crippen LogP contribution in [0.25, 0.3) is 0 Å². The van der Waals surface area contributed by atoms with Crippen LogP contribution in [-0.4, -0.2) is 58.6 Å².